The molecule has 1 aromatic rings. The van der Waals surface area contributed by atoms with Crippen molar-refractivity contribution in [1.29, 1.82) is 0 Å². The number of hydrogen-bond donors (Lipinski definition) is 1. The Balaban J connectivity index is 1.94. The average molecular weight is 265 g/mol. The van der Waals surface area contributed by atoms with E-state index in [1.54, 1.807) is 12.1 Å². The van der Waals surface area contributed by atoms with Crippen LogP contribution < -0.4 is 5.73 Å². The lowest BCUT2D eigenvalue weighted by Gasteiger charge is -2.42. The molecular formula is C16H24FNO. The fraction of sp³-hybridized carbons (Fsp3) is 0.625. The molecule has 0 aliphatic heterocycles. The zero-order valence-corrected chi connectivity index (χ0v) is 11.9. The molecule has 0 spiro atoms. The van der Waals surface area contributed by atoms with E-state index in [1.807, 2.05) is 0 Å². The molecule has 0 bridgehead atoms. The van der Waals surface area contributed by atoms with Crippen molar-refractivity contribution in [3.05, 3.63) is 35.6 Å². The maximum Gasteiger partial charge on any atom is 0.123 e. The Morgan fingerprint density at radius 3 is 2.21 bits per heavy atom. The van der Waals surface area contributed by atoms with Crippen molar-refractivity contribution in [1.82, 2.24) is 0 Å². The predicted octanol–water partition coefficient (Wildman–Crippen LogP) is 3.64. The van der Waals surface area contributed by atoms with E-state index < -0.39 is 0 Å². The normalized spacial score (nSPS) is 21.3. The lowest BCUT2D eigenvalue weighted by Crippen LogP contribution is -2.45. The van der Waals surface area contributed by atoms with Gasteiger partial charge in [-0.3, -0.25) is 0 Å². The molecule has 1 fully saturated rings. The fourth-order valence-corrected chi connectivity index (χ4v) is 2.61. The van der Waals surface area contributed by atoms with Crippen molar-refractivity contribution < 1.29 is 9.13 Å². The van der Waals surface area contributed by atoms with Gasteiger partial charge in [-0.05, 0) is 48.8 Å². The number of ether oxygens (including phenoxy) is 1. The summed E-state index contributed by atoms with van der Waals surface area (Å²) in [5, 5.41) is 0. The molecule has 2 nitrogen and oxygen atoms in total. The predicted molar refractivity (Wildman–Crippen MR) is 75.2 cm³/mol. The SMILES string of the molecule is CC1(C)CCC(CN)(OCc2ccc(F)cc2)CC1. The van der Waals surface area contributed by atoms with Crippen LogP contribution in [0.25, 0.3) is 0 Å². The van der Waals surface area contributed by atoms with Crippen molar-refractivity contribution in [2.24, 2.45) is 11.1 Å². The van der Waals surface area contributed by atoms with Gasteiger partial charge in [0, 0.05) is 6.54 Å². The molecule has 2 N–H and O–H groups in total. The van der Waals surface area contributed by atoms with E-state index in [1.165, 1.54) is 12.1 Å². The monoisotopic (exact) mass is 265 g/mol. The molecule has 1 aromatic carbocycles. The van der Waals surface area contributed by atoms with Crippen molar-refractivity contribution in [2.75, 3.05) is 6.54 Å². The van der Waals surface area contributed by atoms with Gasteiger partial charge in [0.2, 0.25) is 0 Å². The quantitative estimate of drug-likeness (QED) is 0.902. The maximum absolute atomic E-state index is 12.8. The Morgan fingerprint density at radius 1 is 1.11 bits per heavy atom. The lowest BCUT2D eigenvalue weighted by molar-refractivity contribution is -0.0904. The van der Waals surface area contributed by atoms with Gasteiger partial charge in [0.25, 0.3) is 0 Å². The zero-order chi connectivity index (χ0) is 13.9. The van der Waals surface area contributed by atoms with E-state index in [-0.39, 0.29) is 11.4 Å². The molecule has 1 saturated carbocycles. The molecule has 0 heterocycles. The van der Waals surface area contributed by atoms with E-state index >= 15 is 0 Å². The van der Waals surface area contributed by atoms with Gasteiger partial charge in [-0.15, -0.1) is 0 Å². The minimum absolute atomic E-state index is 0.191. The summed E-state index contributed by atoms with van der Waals surface area (Å²) in [5.74, 6) is -0.211. The van der Waals surface area contributed by atoms with Crippen LogP contribution in [0.5, 0.6) is 0 Å². The molecule has 0 aromatic heterocycles. The van der Waals surface area contributed by atoms with Crippen molar-refractivity contribution in [3.8, 4) is 0 Å². The summed E-state index contributed by atoms with van der Waals surface area (Å²) in [6.45, 7) is 5.67. The molecule has 0 atom stereocenters. The molecule has 106 valence electrons. The standard InChI is InChI=1S/C16H24FNO/c1-15(2)7-9-16(12-18,10-8-15)19-11-13-3-5-14(17)6-4-13/h3-6H,7-12,18H2,1-2H3. The molecule has 0 saturated heterocycles. The first-order valence-corrected chi connectivity index (χ1v) is 7.03. The maximum atomic E-state index is 12.8. The number of halogens is 1. The second-order valence-electron chi connectivity index (χ2n) is 6.47. The van der Waals surface area contributed by atoms with Crippen molar-refractivity contribution in [2.45, 2.75) is 51.7 Å². The Kier molecular flexibility index (Phi) is 4.26. The Morgan fingerprint density at radius 2 is 1.68 bits per heavy atom. The van der Waals surface area contributed by atoms with E-state index in [0.717, 1.165) is 31.2 Å². The van der Waals surface area contributed by atoms with Crippen LogP contribution in [0.1, 0.15) is 45.1 Å². The molecule has 0 radical (unpaired) electrons. The van der Waals surface area contributed by atoms with Crippen LogP contribution in [0.3, 0.4) is 0 Å². The van der Waals surface area contributed by atoms with E-state index in [2.05, 4.69) is 13.8 Å². The number of rotatable bonds is 4. The first kappa shape index (κ1) is 14.5. The topological polar surface area (TPSA) is 35.2 Å². The summed E-state index contributed by atoms with van der Waals surface area (Å²) in [4.78, 5) is 0. The highest BCUT2D eigenvalue weighted by Gasteiger charge is 2.38. The molecule has 3 heteroatoms. The van der Waals surface area contributed by atoms with Gasteiger partial charge in [0.15, 0.2) is 0 Å². The van der Waals surface area contributed by atoms with Gasteiger partial charge in [-0.2, -0.15) is 0 Å². The van der Waals surface area contributed by atoms with Crippen molar-refractivity contribution >= 4 is 0 Å². The van der Waals surface area contributed by atoms with Crippen molar-refractivity contribution in [3.63, 3.8) is 0 Å². The average Bonchev–Trinajstić information content (AvgIpc) is 2.40. The van der Waals surface area contributed by atoms with Crippen LogP contribution in [-0.4, -0.2) is 12.1 Å². The largest absolute Gasteiger partial charge is 0.369 e. The summed E-state index contributed by atoms with van der Waals surface area (Å²) in [6.07, 6.45) is 4.32. The summed E-state index contributed by atoms with van der Waals surface area (Å²) in [6, 6.07) is 6.48. The Bertz CT molecular complexity index is 403. The molecule has 0 unspecified atom stereocenters. The van der Waals surface area contributed by atoms with Gasteiger partial charge < -0.3 is 10.5 Å². The van der Waals surface area contributed by atoms with E-state index in [9.17, 15) is 4.39 Å². The highest BCUT2D eigenvalue weighted by Crippen LogP contribution is 2.41. The molecule has 0 amide bonds. The van der Waals surface area contributed by atoms with Crippen LogP contribution >= 0.6 is 0 Å². The van der Waals surface area contributed by atoms with E-state index in [4.69, 9.17) is 10.5 Å². The summed E-state index contributed by atoms with van der Waals surface area (Å²) in [5.41, 5.74) is 7.14. The van der Waals surface area contributed by atoms with Crippen LogP contribution in [0, 0.1) is 11.2 Å². The number of nitrogens with two attached hydrogens (primary N) is 1. The Hall–Kier alpha value is -0.930. The molecule has 19 heavy (non-hydrogen) atoms. The third-order valence-corrected chi connectivity index (χ3v) is 4.35. The summed E-state index contributed by atoms with van der Waals surface area (Å²) in [7, 11) is 0. The highest BCUT2D eigenvalue weighted by atomic mass is 19.1. The lowest BCUT2D eigenvalue weighted by atomic mass is 9.71. The highest BCUT2D eigenvalue weighted by molar-refractivity contribution is 5.15. The van der Waals surface area contributed by atoms with Gasteiger partial charge in [-0.1, -0.05) is 26.0 Å². The smallest absolute Gasteiger partial charge is 0.123 e. The van der Waals surface area contributed by atoms with Crippen LogP contribution in [0.2, 0.25) is 0 Å². The third-order valence-electron chi connectivity index (χ3n) is 4.35. The third kappa shape index (κ3) is 3.77. The molecular weight excluding hydrogens is 241 g/mol. The van der Waals surface area contributed by atoms with Gasteiger partial charge in [0.05, 0.1) is 12.2 Å². The minimum Gasteiger partial charge on any atom is -0.369 e. The van der Waals surface area contributed by atoms with Crippen LogP contribution in [-0.2, 0) is 11.3 Å². The minimum atomic E-state index is -0.211. The molecule has 1 aliphatic carbocycles. The van der Waals surface area contributed by atoms with E-state index in [0.29, 0.717) is 18.6 Å². The molecule has 2 rings (SSSR count). The first-order chi connectivity index (χ1) is 8.95. The van der Waals surface area contributed by atoms with Gasteiger partial charge in [-0.25, -0.2) is 4.39 Å². The van der Waals surface area contributed by atoms with Gasteiger partial charge >= 0.3 is 0 Å². The summed E-state index contributed by atoms with van der Waals surface area (Å²) >= 11 is 0. The number of benzene rings is 1. The summed E-state index contributed by atoms with van der Waals surface area (Å²) < 4.78 is 18.9. The number of hydrogen-bond acceptors (Lipinski definition) is 2. The Labute approximate surface area is 115 Å². The second kappa shape index (κ2) is 5.59. The molecule has 1 aliphatic rings. The van der Waals surface area contributed by atoms with Gasteiger partial charge in [0.1, 0.15) is 5.82 Å². The van der Waals surface area contributed by atoms with Crippen LogP contribution in [0.4, 0.5) is 4.39 Å². The van der Waals surface area contributed by atoms with Crippen LogP contribution in [0.15, 0.2) is 24.3 Å². The fourth-order valence-electron chi connectivity index (χ4n) is 2.61. The zero-order valence-electron chi connectivity index (χ0n) is 11.9. The second-order valence-corrected chi connectivity index (χ2v) is 6.47. The first-order valence-electron chi connectivity index (χ1n) is 7.03.